The van der Waals surface area contributed by atoms with Crippen LogP contribution in [-0.2, 0) is 27.3 Å². The van der Waals surface area contributed by atoms with Crippen LogP contribution in [0.1, 0.15) is 36.8 Å². The highest BCUT2D eigenvalue weighted by molar-refractivity contribution is 6.27. The molecule has 2 aliphatic heterocycles. The van der Waals surface area contributed by atoms with E-state index in [4.69, 9.17) is 19.8 Å². The molecule has 1 atom stereocenters. The van der Waals surface area contributed by atoms with E-state index in [1.807, 2.05) is 12.4 Å². The summed E-state index contributed by atoms with van der Waals surface area (Å²) in [6, 6.07) is 14.9. The Morgan fingerprint density at radius 3 is 2.12 bits per heavy atom. The first kappa shape index (κ1) is 25.4. The number of rotatable bonds is 5. The van der Waals surface area contributed by atoms with Crippen LogP contribution in [0.15, 0.2) is 54.9 Å². The van der Waals surface area contributed by atoms with Crippen LogP contribution in [-0.4, -0.2) is 69.0 Å². The van der Waals surface area contributed by atoms with Gasteiger partial charge in [-0.2, -0.15) is 0 Å². The Morgan fingerprint density at radius 1 is 0.853 bits per heavy atom. The molecule has 2 aromatic rings. The summed E-state index contributed by atoms with van der Waals surface area (Å²) < 4.78 is 0. The van der Waals surface area contributed by atoms with Gasteiger partial charge in [-0.3, -0.25) is 14.7 Å². The summed E-state index contributed by atoms with van der Waals surface area (Å²) in [5.41, 5.74) is 2.70. The van der Waals surface area contributed by atoms with Crippen molar-refractivity contribution in [1.29, 1.82) is 0 Å². The Morgan fingerprint density at radius 2 is 1.50 bits per heavy atom. The molecule has 2 N–H and O–H groups in total. The van der Waals surface area contributed by atoms with Gasteiger partial charge in [-0.1, -0.05) is 30.3 Å². The van der Waals surface area contributed by atoms with Crippen LogP contribution in [0.25, 0.3) is 0 Å². The van der Waals surface area contributed by atoms with Crippen molar-refractivity contribution in [2.45, 2.75) is 38.6 Å². The van der Waals surface area contributed by atoms with E-state index in [1.165, 1.54) is 11.1 Å². The van der Waals surface area contributed by atoms with E-state index in [-0.39, 0.29) is 5.92 Å². The first-order valence-corrected chi connectivity index (χ1v) is 11.8. The number of carbonyl (C=O) groups is 3. The van der Waals surface area contributed by atoms with Gasteiger partial charge >= 0.3 is 11.9 Å². The number of amides is 1. The molecule has 182 valence electrons. The third-order valence-corrected chi connectivity index (χ3v) is 6.49. The molecule has 8 nitrogen and oxygen atoms in total. The molecule has 0 bridgehead atoms. The minimum Gasteiger partial charge on any atom is -0.473 e. The largest absolute Gasteiger partial charge is 0.473 e. The monoisotopic (exact) mass is 467 g/mol. The topological polar surface area (TPSA) is 111 Å². The molecule has 0 radical (unpaired) electrons. The number of pyridine rings is 1. The van der Waals surface area contributed by atoms with Gasteiger partial charge < -0.3 is 15.1 Å². The molecule has 2 fully saturated rings. The van der Waals surface area contributed by atoms with Gasteiger partial charge in [-0.05, 0) is 67.8 Å². The quantitative estimate of drug-likeness (QED) is 0.651. The Labute approximate surface area is 200 Å². The van der Waals surface area contributed by atoms with Crippen LogP contribution >= 0.6 is 0 Å². The number of benzene rings is 1. The summed E-state index contributed by atoms with van der Waals surface area (Å²) in [6.45, 7) is 4.76. The minimum absolute atomic E-state index is 0.168. The molecular weight excluding hydrogens is 434 g/mol. The fourth-order valence-electron chi connectivity index (χ4n) is 4.71. The van der Waals surface area contributed by atoms with Gasteiger partial charge in [-0.15, -0.1) is 0 Å². The molecule has 1 aromatic carbocycles. The predicted octanol–water partition coefficient (Wildman–Crippen LogP) is 2.93. The summed E-state index contributed by atoms with van der Waals surface area (Å²) in [4.78, 5) is 40.0. The molecule has 1 aromatic heterocycles. The van der Waals surface area contributed by atoms with E-state index >= 15 is 0 Å². The van der Waals surface area contributed by atoms with E-state index in [0.29, 0.717) is 11.8 Å². The van der Waals surface area contributed by atoms with Crippen LogP contribution in [0.5, 0.6) is 0 Å². The lowest BCUT2D eigenvalue weighted by Gasteiger charge is -2.38. The molecule has 4 rings (SSSR count). The molecule has 8 heteroatoms. The van der Waals surface area contributed by atoms with E-state index in [0.717, 1.165) is 64.8 Å². The van der Waals surface area contributed by atoms with Crippen molar-refractivity contribution in [2.75, 3.05) is 26.2 Å². The number of likely N-dealkylation sites (tertiary alicyclic amines) is 2. The van der Waals surface area contributed by atoms with Gasteiger partial charge in [0.15, 0.2) is 0 Å². The number of carbonyl (C=O) groups excluding carboxylic acids is 1. The van der Waals surface area contributed by atoms with E-state index < -0.39 is 11.9 Å². The lowest BCUT2D eigenvalue weighted by atomic mass is 9.89. The fourth-order valence-corrected chi connectivity index (χ4v) is 4.71. The van der Waals surface area contributed by atoms with Crippen molar-refractivity contribution >= 4 is 17.8 Å². The number of aromatic nitrogens is 1. The fraction of sp³-hybridized carbons (Fsp3) is 0.462. The Balaban J connectivity index is 0.000000481. The number of aliphatic carboxylic acids is 2. The van der Waals surface area contributed by atoms with Gasteiger partial charge in [0.2, 0.25) is 5.91 Å². The second-order valence-corrected chi connectivity index (χ2v) is 9.00. The predicted molar refractivity (Wildman–Crippen MR) is 127 cm³/mol. The Kier molecular flexibility index (Phi) is 9.58. The molecule has 1 amide bonds. The third-order valence-electron chi connectivity index (χ3n) is 6.49. The van der Waals surface area contributed by atoms with Crippen LogP contribution < -0.4 is 0 Å². The molecule has 0 saturated carbocycles. The molecule has 0 aliphatic carbocycles. The highest BCUT2D eigenvalue weighted by atomic mass is 16.4. The summed E-state index contributed by atoms with van der Waals surface area (Å²) in [5, 5.41) is 14.8. The molecule has 34 heavy (non-hydrogen) atoms. The maximum absolute atomic E-state index is 13.1. The summed E-state index contributed by atoms with van der Waals surface area (Å²) in [6.07, 6.45) is 9.26. The number of carboxylic acids is 2. The number of piperidine rings is 2. The van der Waals surface area contributed by atoms with E-state index in [1.54, 1.807) is 0 Å². The maximum Gasteiger partial charge on any atom is 0.414 e. The minimum atomic E-state index is -1.82. The highest BCUT2D eigenvalue weighted by Crippen LogP contribution is 2.26. The first-order valence-electron chi connectivity index (χ1n) is 11.8. The molecule has 1 unspecified atom stereocenters. The average molecular weight is 468 g/mol. The molecule has 2 aliphatic rings. The van der Waals surface area contributed by atoms with Crippen molar-refractivity contribution in [3.8, 4) is 0 Å². The van der Waals surface area contributed by atoms with E-state index in [2.05, 4.69) is 57.2 Å². The van der Waals surface area contributed by atoms with Gasteiger partial charge in [0, 0.05) is 38.6 Å². The summed E-state index contributed by atoms with van der Waals surface area (Å²) in [7, 11) is 0. The van der Waals surface area contributed by atoms with Crippen molar-refractivity contribution in [2.24, 2.45) is 11.8 Å². The second kappa shape index (κ2) is 12.8. The molecule has 2 saturated heterocycles. The average Bonchev–Trinajstić information content (AvgIpc) is 2.86. The van der Waals surface area contributed by atoms with Crippen LogP contribution in [0, 0.1) is 11.8 Å². The normalized spacial score (nSPS) is 19.1. The molecule has 3 heterocycles. The SMILES string of the molecule is O=C(C1CCCN(Cc2ccncc2)C1)N1CCC(Cc2ccccc2)CC1.O=C(O)C(=O)O. The molecule has 0 spiro atoms. The van der Waals surface area contributed by atoms with Crippen LogP contribution in [0.3, 0.4) is 0 Å². The number of hydrogen-bond donors (Lipinski definition) is 2. The third kappa shape index (κ3) is 7.95. The number of hydrogen-bond acceptors (Lipinski definition) is 5. The van der Waals surface area contributed by atoms with Crippen LogP contribution in [0.4, 0.5) is 0 Å². The van der Waals surface area contributed by atoms with Gasteiger partial charge in [-0.25, -0.2) is 9.59 Å². The standard InChI is InChI=1S/C24H31N3O.C2H2O4/c28-24(23-7-4-14-26(19-23)18-22-8-12-25-13-9-22)27-15-10-21(11-16-27)17-20-5-2-1-3-6-20;3-1(4)2(5)6/h1-3,5-6,8-9,12-13,21,23H,4,7,10-11,14-19H2;(H,3,4)(H,5,6). The lowest BCUT2D eigenvalue weighted by Crippen LogP contribution is -2.47. The van der Waals surface area contributed by atoms with Gasteiger partial charge in [0.1, 0.15) is 0 Å². The van der Waals surface area contributed by atoms with Crippen molar-refractivity contribution in [3.05, 3.63) is 66.0 Å². The summed E-state index contributed by atoms with van der Waals surface area (Å²) in [5.74, 6) is -2.38. The van der Waals surface area contributed by atoms with E-state index in [9.17, 15) is 4.79 Å². The molecular formula is C26H33N3O5. The first-order chi connectivity index (χ1) is 16.4. The van der Waals surface area contributed by atoms with Crippen LogP contribution in [0.2, 0.25) is 0 Å². The summed E-state index contributed by atoms with van der Waals surface area (Å²) >= 11 is 0. The van der Waals surface area contributed by atoms with Gasteiger partial charge in [0.05, 0.1) is 5.92 Å². The second-order valence-electron chi connectivity index (χ2n) is 9.00. The smallest absolute Gasteiger partial charge is 0.414 e. The zero-order valence-electron chi connectivity index (χ0n) is 19.4. The lowest BCUT2D eigenvalue weighted by molar-refractivity contribution is -0.159. The van der Waals surface area contributed by atoms with Gasteiger partial charge in [0.25, 0.3) is 0 Å². The maximum atomic E-state index is 13.1. The zero-order valence-corrected chi connectivity index (χ0v) is 19.4. The van der Waals surface area contributed by atoms with Crippen molar-refractivity contribution < 1.29 is 24.6 Å². The number of nitrogens with zero attached hydrogens (tertiary/aromatic N) is 3. The Bertz CT molecular complexity index is 918. The Hall–Kier alpha value is -3.26. The zero-order chi connectivity index (χ0) is 24.3. The van der Waals surface area contributed by atoms with Crippen molar-refractivity contribution in [3.63, 3.8) is 0 Å². The number of carboxylic acid groups (broad SMARTS) is 2. The van der Waals surface area contributed by atoms with Crippen molar-refractivity contribution in [1.82, 2.24) is 14.8 Å². The highest BCUT2D eigenvalue weighted by Gasteiger charge is 2.31.